The van der Waals surface area contributed by atoms with Crippen molar-refractivity contribution in [1.82, 2.24) is 4.90 Å². The van der Waals surface area contributed by atoms with E-state index in [0.29, 0.717) is 11.9 Å². The summed E-state index contributed by atoms with van der Waals surface area (Å²) in [6.45, 7) is 15.1. The average Bonchev–Trinajstić information content (AvgIpc) is 3.51. The second-order valence-electron chi connectivity index (χ2n) is 12.7. The zero-order valence-electron chi connectivity index (χ0n) is 29.1. The minimum atomic E-state index is -0.171. The zero-order chi connectivity index (χ0) is 34.9. The smallest absolute Gasteiger partial charge is 0.124 e. The molecular weight excluding hydrogens is 713 g/mol. The van der Waals surface area contributed by atoms with Crippen molar-refractivity contribution < 1.29 is 25.5 Å². The van der Waals surface area contributed by atoms with Crippen LogP contribution in [0.25, 0.3) is 32.7 Å². The molecule has 0 aromatic heterocycles. The van der Waals surface area contributed by atoms with Crippen LogP contribution in [0.3, 0.4) is 0 Å². The molecule has 7 rings (SSSR count). The van der Waals surface area contributed by atoms with Crippen LogP contribution in [0.15, 0.2) is 115 Å². The molecule has 0 unspecified atom stereocenters. The molecule has 2 N–H and O–H groups in total. The molecule has 1 aliphatic rings. The molecule has 0 bridgehead atoms. The Bertz CT molecular complexity index is 2030. The summed E-state index contributed by atoms with van der Waals surface area (Å²) in [5.41, 5.74) is 8.61. The maximum Gasteiger partial charge on any atom is 0.124 e. The van der Waals surface area contributed by atoms with E-state index in [9.17, 15) is 5.11 Å². The summed E-state index contributed by atoms with van der Waals surface area (Å²) >= 11 is -0.171. The van der Waals surface area contributed by atoms with Crippen LogP contribution in [0, 0.1) is 27.4 Å². The van der Waals surface area contributed by atoms with Crippen LogP contribution in [0.2, 0.25) is 0 Å². The average molecular weight is 759 g/mol. The second-order valence-corrected chi connectivity index (χ2v) is 14.5. The molecule has 0 atom stereocenters. The molecule has 1 heterocycles. The largest absolute Gasteiger partial charge is 0.507 e. The van der Waals surface area contributed by atoms with E-state index >= 15 is 0 Å². The molecule has 1 saturated heterocycles. The quantitative estimate of drug-likeness (QED) is 0.108. The van der Waals surface area contributed by atoms with Crippen LogP contribution < -0.4 is 4.90 Å². The van der Waals surface area contributed by atoms with Crippen LogP contribution in [0.5, 0.6) is 11.5 Å². The van der Waals surface area contributed by atoms with E-state index < -0.39 is 0 Å². The van der Waals surface area contributed by atoms with E-state index in [2.05, 4.69) is 122 Å². The van der Waals surface area contributed by atoms with Gasteiger partial charge in [0, 0.05) is 17.8 Å². The van der Waals surface area contributed by atoms with Crippen molar-refractivity contribution in [1.29, 1.82) is 0 Å². The number of aliphatic hydroxyl groups is 1. The molecule has 0 radical (unpaired) electrons. The Kier molecular flexibility index (Phi) is 12.6. The summed E-state index contributed by atoms with van der Waals surface area (Å²) in [4.78, 5) is 4.59. The van der Waals surface area contributed by atoms with Gasteiger partial charge in [-0.1, -0.05) is 90.5 Å². The Morgan fingerprint density at radius 1 is 0.776 bits per heavy atom. The van der Waals surface area contributed by atoms with Gasteiger partial charge in [-0.05, 0) is 78.7 Å². The van der Waals surface area contributed by atoms with Crippen LogP contribution in [-0.4, -0.2) is 45.6 Å². The number of likely N-dealkylation sites (N-methyl/N-ethyl adjacent to an activating group) is 1. The minimum Gasteiger partial charge on any atom is -0.507 e. The molecular formula is C43H46ClN2O2Ru. The maximum absolute atomic E-state index is 10.4. The third-order valence-electron chi connectivity index (χ3n) is 8.40. The molecule has 0 spiro atoms. The van der Waals surface area contributed by atoms with Crippen molar-refractivity contribution in [3.05, 3.63) is 144 Å². The molecule has 0 saturated carbocycles. The van der Waals surface area contributed by atoms with Gasteiger partial charge in [0.2, 0.25) is 0 Å². The minimum absolute atomic E-state index is 0.171. The molecule has 49 heavy (non-hydrogen) atoms. The van der Waals surface area contributed by atoms with Gasteiger partial charge in [0.15, 0.2) is 0 Å². The van der Waals surface area contributed by atoms with Gasteiger partial charge in [0.05, 0.1) is 0 Å². The number of fused-ring (bicyclic) bond motifs is 2. The second kappa shape index (κ2) is 17.1. The maximum atomic E-state index is 10.4. The van der Waals surface area contributed by atoms with Gasteiger partial charge in [-0.25, -0.2) is 0 Å². The van der Waals surface area contributed by atoms with Gasteiger partial charge in [-0.2, -0.15) is 6.67 Å². The number of hydrogen-bond donors (Lipinski definition) is 1. The summed E-state index contributed by atoms with van der Waals surface area (Å²) in [5, 5.41) is 15.0. The fraction of sp³-hybridized carbons (Fsp3) is 0.209. The van der Waals surface area contributed by atoms with Crippen molar-refractivity contribution in [2.45, 2.75) is 40.7 Å². The Hall–Kier alpha value is -4.02. The summed E-state index contributed by atoms with van der Waals surface area (Å²) in [5.74, 6) is 1.37. The van der Waals surface area contributed by atoms with Crippen molar-refractivity contribution in [3.63, 3.8) is 0 Å². The number of anilines is 1. The summed E-state index contributed by atoms with van der Waals surface area (Å²) in [7, 11) is 7.86. The Labute approximate surface area is 303 Å². The summed E-state index contributed by atoms with van der Waals surface area (Å²) < 4.78 is 6.57. The molecule has 6 aromatic rings. The van der Waals surface area contributed by atoms with Crippen LogP contribution in [-0.2, 0) is 15.7 Å². The van der Waals surface area contributed by atoms with E-state index in [-0.39, 0.29) is 15.7 Å². The fourth-order valence-corrected chi connectivity index (χ4v) is 7.53. The molecule has 1 fully saturated rings. The van der Waals surface area contributed by atoms with E-state index in [1.165, 1.54) is 27.8 Å². The Morgan fingerprint density at radius 2 is 1.39 bits per heavy atom. The number of para-hydroxylation sites is 1. The molecule has 6 aromatic carbocycles. The Balaban J connectivity index is 0.000000149. The van der Waals surface area contributed by atoms with Crippen molar-refractivity contribution in [2.24, 2.45) is 0 Å². The molecule has 6 heteroatoms. The van der Waals surface area contributed by atoms with E-state index in [1.807, 2.05) is 54.6 Å². The number of aryl methyl sites for hydroxylation is 3. The molecule has 1 aliphatic heterocycles. The predicted octanol–water partition coefficient (Wildman–Crippen LogP) is 10.6. The molecule has 4 nitrogen and oxygen atoms in total. The molecule has 0 aliphatic carbocycles. The number of phenolic OH excluding ortho intramolecular Hbond substituents is 1. The number of halogens is 1. The van der Waals surface area contributed by atoms with Gasteiger partial charge in [-0.15, -0.1) is 0 Å². The van der Waals surface area contributed by atoms with E-state index in [1.54, 1.807) is 6.07 Å². The van der Waals surface area contributed by atoms with Crippen molar-refractivity contribution >= 4 is 41.5 Å². The number of ether oxygens (including phenoxy) is 1. The number of nitrogens with zero attached hydrogens (tertiary/aromatic N) is 2. The zero-order valence-corrected chi connectivity index (χ0v) is 31.6. The first-order chi connectivity index (χ1) is 23.7. The number of rotatable bonds is 5. The summed E-state index contributed by atoms with van der Waals surface area (Å²) in [6, 6.07) is 39.0. The first kappa shape index (κ1) is 36.3. The SMILES string of the molecule is CC(C)[OH+]c1ccccc1[CH]=[Ru][Cl].Cc1cc(C)c(N2[CH-]N(C)CC2)c(C)c1.Oc1ccc2ccccc2c1-c1cccc2ccccc12. The fourth-order valence-electron chi connectivity index (χ4n) is 6.41. The monoisotopic (exact) mass is 759 g/mol. The molecule has 255 valence electrons. The number of benzene rings is 6. The van der Waals surface area contributed by atoms with Crippen LogP contribution in [0.1, 0.15) is 36.1 Å². The first-order valence-electron chi connectivity index (χ1n) is 16.6. The number of hydrogen-bond acceptors (Lipinski definition) is 3. The van der Waals surface area contributed by atoms with Gasteiger partial charge in [-0.3, -0.25) is 0 Å². The van der Waals surface area contributed by atoms with Crippen molar-refractivity contribution in [2.75, 3.05) is 25.0 Å². The van der Waals surface area contributed by atoms with Crippen LogP contribution >= 0.6 is 9.69 Å². The van der Waals surface area contributed by atoms with Gasteiger partial charge in [0.1, 0.15) is 5.75 Å². The van der Waals surface area contributed by atoms with Crippen LogP contribution in [0.4, 0.5) is 5.69 Å². The predicted molar refractivity (Wildman–Crippen MR) is 208 cm³/mol. The standard InChI is InChI=1S/C20H14O.C13H19N2.C10H12O.ClH.Ru/c21-19-13-12-15-7-2-4-10-17(15)20(19)18-11-5-8-14-6-1-3-9-16(14)18;1-10-7-11(2)13(12(3)8-10)15-6-5-14(4)9-15;1-8(2)11-10-7-5-4-6-9(10)3;;/h1-13,21H;7-9H,5-6H2,1-4H3;3-8H,1-2H3;1H;/q;-1;;;+1. The van der Waals surface area contributed by atoms with Crippen molar-refractivity contribution in [3.8, 4) is 22.6 Å². The number of aromatic hydroxyl groups is 2. The number of phenols is 1. The normalized spacial score (nSPS) is 13.2. The topological polar surface area (TPSA) is 39.5 Å². The van der Waals surface area contributed by atoms with E-state index in [4.69, 9.17) is 9.69 Å². The first-order valence-corrected chi connectivity index (χ1v) is 19.8. The third-order valence-corrected chi connectivity index (χ3v) is 9.59. The Morgan fingerprint density at radius 3 is 2.04 bits per heavy atom. The van der Waals surface area contributed by atoms with Gasteiger partial charge < -0.3 is 14.9 Å². The van der Waals surface area contributed by atoms with E-state index in [0.717, 1.165) is 51.7 Å². The molecule has 0 amide bonds. The summed E-state index contributed by atoms with van der Waals surface area (Å²) in [6.07, 6.45) is 0.334. The van der Waals surface area contributed by atoms with Gasteiger partial charge >= 0.3 is 90.3 Å². The van der Waals surface area contributed by atoms with Gasteiger partial charge in [0.25, 0.3) is 0 Å². The third kappa shape index (κ3) is 9.16.